The minimum atomic E-state index is -0.593. The highest BCUT2D eigenvalue weighted by atomic mass is 32.2. The van der Waals surface area contributed by atoms with Crippen molar-refractivity contribution in [3.63, 3.8) is 0 Å². The van der Waals surface area contributed by atoms with E-state index in [0.717, 1.165) is 11.3 Å². The molecule has 1 N–H and O–H groups in total. The van der Waals surface area contributed by atoms with E-state index < -0.39 is 5.25 Å². The molecular formula is C26H25N3O4S. The molecule has 0 spiro atoms. The maximum absolute atomic E-state index is 13.2. The molecule has 0 unspecified atom stereocenters. The Morgan fingerprint density at radius 2 is 1.59 bits per heavy atom. The number of amides is 2. The van der Waals surface area contributed by atoms with Crippen LogP contribution in [-0.4, -0.2) is 41.4 Å². The minimum Gasteiger partial charge on any atom is -0.497 e. The van der Waals surface area contributed by atoms with Crippen LogP contribution in [0.3, 0.4) is 0 Å². The van der Waals surface area contributed by atoms with Crippen LogP contribution in [0.25, 0.3) is 0 Å². The molecule has 1 aliphatic rings. The lowest BCUT2D eigenvalue weighted by atomic mass is 10.2. The molecule has 1 aliphatic heterocycles. The van der Waals surface area contributed by atoms with Gasteiger partial charge in [0.05, 0.1) is 26.5 Å². The predicted molar refractivity (Wildman–Crippen MR) is 135 cm³/mol. The molecule has 1 atom stereocenters. The van der Waals surface area contributed by atoms with Crippen molar-refractivity contribution in [1.29, 1.82) is 0 Å². The number of carbonyl (C=O) groups excluding carboxylic acids is 2. The van der Waals surface area contributed by atoms with E-state index in [2.05, 4.69) is 5.32 Å². The monoisotopic (exact) mass is 475 g/mol. The van der Waals surface area contributed by atoms with Gasteiger partial charge in [-0.2, -0.15) is 0 Å². The van der Waals surface area contributed by atoms with Gasteiger partial charge < -0.3 is 14.8 Å². The molecule has 0 bridgehead atoms. The third-order valence-electron chi connectivity index (χ3n) is 5.27. The predicted octanol–water partition coefficient (Wildman–Crippen LogP) is 4.86. The number of aliphatic imine (C=N–C) groups is 1. The summed E-state index contributed by atoms with van der Waals surface area (Å²) in [6, 6.07) is 24.0. The lowest BCUT2D eigenvalue weighted by Gasteiger charge is -2.32. The highest BCUT2D eigenvalue weighted by Crippen LogP contribution is 2.31. The zero-order valence-corrected chi connectivity index (χ0v) is 19.7. The number of rotatable bonds is 7. The molecule has 2 amide bonds. The summed E-state index contributed by atoms with van der Waals surface area (Å²) in [5, 5.41) is 2.79. The molecule has 0 radical (unpaired) electrons. The molecule has 34 heavy (non-hydrogen) atoms. The molecular weight excluding hydrogens is 450 g/mol. The zero-order chi connectivity index (χ0) is 23.9. The van der Waals surface area contributed by atoms with Gasteiger partial charge in [-0.25, -0.2) is 4.99 Å². The van der Waals surface area contributed by atoms with Gasteiger partial charge in [-0.15, -0.1) is 0 Å². The molecule has 1 fully saturated rings. The number of carbonyl (C=O) groups is 2. The van der Waals surface area contributed by atoms with Gasteiger partial charge >= 0.3 is 0 Å². The van der Waals surface area contributed by atoms with Crippen LogP contribution in [0.4, 0.5) is 11.4 Å². The van der Waals surface area contributed by atoms with E-state index in [0.29, 0.717) is 28.8 Å². The van der Waals surface area contributed by atoms with Gasteiger partial charge in [0.25, 0.3) is 0 Å². The third-order valence-corrected chi connectivity index (χ3v) is 6.46. The number of amidine groups is 1. The van der Waals surface area contributed by atoms with Crippen LogP contribution in [0.2, 0.25) is 0 Å². The fourth-order valence-corrected chi connectivity index (χ4v) is 4.52. The van der Waals surface area contributed by atoms with Crippen molar-refractivity contribution in [1.82, 2.24) is 4.90 Å². The van der Waals surface area contributed by atoms with Crippen LogP contribution in [-0.2, 0) is 16.1 Å². The Morgan fingerprint density at radius 1 is 0.971 bits per heavy atom. The number of hydrogen-bond donors (Lipinski definition) is 1. The molecule has 1 heterocycles. The third kappa shape index (κ3) is 5.77. The van der Waals surface area contributed by atoms with Gasteiger partial charge in [-0.1, -0.05) is 42.1 Å². The second-order valence-corrected chi connectivity index (χ2v) is 8.76. The molecule has 0 aliphatic carbocycles. The Kier molecular flexibility index (Phi) is 7.49. The van der Waals surface area contributed by atoms with Crippen LogP contribution >= 0.6 is 11.8 Å². The number of para-hydroxylation sites is 1. The standard InChI is InChI=1S/C26H25N3O4S/c1-32-21-12-8-18(9-13-21)17-29-24(30)16-23(34-26(29)28-19-6-4-3-5-7-19)25(31)27-20-10-14-22(33-2)15-11-20/h3-15,23H,16-17H2,1-2H3,(H,27,31)/t23-/m0/s1. The van der Waals surface area contributed by atoms with Gasteiger partial charge in [0, 0.05) is 12.1 Å². The summed E-state index contributed by atoms with van der Waals surface area (Å²) in [6.45, 7) is 0.355. The molecule has 0 aromatic heterocycles. The van der Waals surface area contributed by atoms with Crippen molar-refractivity contribution in [2.24, 2.45) is 4.99 Å². The summed E-state index contributed by atoms with van der Waals surface area (Å²) in [7, 11) is 3.20. The highest BCUT2D eigenvalue weighted by Gasteiger charge is 2.36. The Balaban J connectivity index is 1.55. The largest absolute Gasteiger partial charge is 0.497 e. The van der Waals surface area contributed by atoms with Gasteiger partial charge in [0.1, 0.15) is 16.7 Å². The fraction of sp³-hybridized carbons (Fsp3) is 0.192. The molecule has 8 heteroatoms. The summed E-state index contributed by atoms with van der Waals surface area (Å²) in [5.41, 5.74) is 2.30. The second-order valence-electron chi connectivity index (χ2n) is 7.59. The Morgan fingerprint density at radius 3 is 2.21 bits per heavy atom. The Hall–Kier alpha value is -3.78. The van der Waals surface area contributed by atoms with Crippen molar-refractivity contribution in [3.8, 4) is 11.5 Å². The lowest BCUT2D eigenvalue weighted by molar-refractivity contribution is -0.129. The van der Waals surface area contributed by atoms with E-state index in [4.69, 9.17) is 14.5 Å². The Labute approximate surface area is 202 Å². The maximum atomic E-state index is 13.2. The number of methoxy groups -OCH3 is 2. The van der Waals surface area contributed by atoms with Crippen LogP contribution in [0.15, 0.2) is 83.9 Å². The van der Waals surface area contributed by atoms with Crippen molar-refractivity contribution < 1.29 is 19.1 Å². The van der Waals surface area contributed by atoms with Crippen molar-refractivity contribution in [2.75, 3.05) is 19.5 Å². The van der Waals surface area contributed by atoms with E-state index >= 15 is 0 Å². The number of thioether (sulfide) groups is 1. The van der Waals surface area contributed by atoms with Crippen molar-refractivity contribution in [2.45, 2.75) is 18.2 Å². The number of ether oxygens (including phenoxy) is 2. The summed E-state index contributed by atoms with van der Waals surface area (Å²) in [6.07, 6.45) is 0.0800. The van der Waals surface area contributed by atoms with Gasteiger partial charge in [0.2, 0.25) is 11.8 Å². The first kappa shape index (κ1) is 23.4. The quantitative estimate of drug-likeness (QED) is 0.528. The molecule has 3 aromatic carbocycles. The van der Waals surface area contributed by atoms with Gasteiger partial charge in [-0.05, 0) is 54.1 Å². The van der Waals surface area contributed by atoms with Crippen LogP contribution in [0.1, 0.15) is 12.0 Å². The van der Waals surface area contributed by atoms with Crippen LogP contribution < -0.4 is 14.8 Å². The van der Waals surface area contributed by atoms with Gasteiger partial charge in [-0.3, -0.25) is 14.5 Å². The van der Waals surface area contributed by atoms with E-state index in [1.165, 1.54) is 11.8 Å². The summed E-state index contributed by atoms with van der Waals surface area (Å²) in [5.74, 6) is 1.05. The number of hydrogen-bond acceptors (Lipinski definition) is 6. The average molecular weight is 476 g/mol. The first-order valence-corrected chi connectivity index (χ1v) is 11.6. The first-order valence-electron chi connectivity index (χ1n) is 10.7. The minimum absolute atomic E-state index is 0.0800. The Bertz CT molecular complexity index is 1160. The zero-order valence-electron chi connectivity index (χ0n) is 18.9. The summed E-state index contributed by atoms with van der Waals surface area (Å²) < 4.78 is 10.4. The number of nitrogens with zero attached hydrogens (tertiary/aromatic N) is 2. The lowest BCUT2D eigenvalue weighted by Crippen LogP contribution is -2.44. The molecule has 1 saturated heterocycles. The SMILES string of the molecule is COc1ccc(CN2C(=O)C[C@@H](C(=O)Nc3ccc(OC)cc3)SC2=Nc2ccccc2)cc1. The summed E-state index contributed by atoms with van der Waals surface area (Å²) >= 11 is 1.29. The topological polar surface area (TPSA) is 80.2 Å². The molecule has 174 valence electrons. The number of benzene rings is 3. The molecule has 3 aromatic rings. The van der Waals surface area contributed by atoms with Crippen molar-refractivity contribution >= 4 is 40.1 Å². The average Bonchev–Trinajstić information content (AvgIpc) is 2.87. The van der Waals surface area contributed by atoms with E-state index in [1.807, 2.05) is 54.6 Å². The number of nitrogens with one attached hydrogen (secondary N) is 1. The number of anilines is 1. The van der Waals surface area contributed by atoms with Crippen LogP contribution in [0.5, 0.6) is 11.5 Å². The molecule has 7 nitrogen and oxygen atoms in total. The van der Waals surface area contributed by atoms with Crippen molar-refractivity contribution in [3.05, 3.63) is 84.4 Å². The summed E-state index contributed by atoms with van der Waals surface area (Å²) in [4.78, 5) is 32.5. The maximum Gasteiger partial charge on any atom is 0.238 e. The second kappa shape index (κ2) is 10.9. The van der Waals surface area contributed by atoms with Crippen LogP contribution in [0, 0.1) is 0 Å². The normalized spacial score (nSPS) is 16.9. The smallest absolute Gasteiger partial charge is 0.238 e. The van der Waals surface area contributed by atoms with E-state index in [9.17, 15) is 9.59 Å². The molecule has 0 saturated carbocycles. The molecule has 4 rings (SSSR count). The van der Waals surface area contributed by atoms with Gasteiger partial charge in [0.15, 0.2) is 5.17 Å². The highest BCUT2D eigenvalue weighted by molar-refractivity contribution is 8.15. The first-order chi connectivity index (χ1) is 16.6. The fourth-order valence-electron chi connectivity index (χ4n) is 3.42. The van der Waals surface area contributed by atoms with E-state index in [1.54, 1.807) is 43.4 Å². The van der Waals surface area contributed by atoms with E-state index in [-0.39, 0.29) is 18.2 Å².